The molecule has 0 unspecified atom stereocenters. The summed E-state index contributed by atoms with van der Waals surface area (Å²) in [6.45, 7) is 18.3. The Labute approximate surface area is 150 Å². The topological polar surface area (TPSA) is 9.23 Å². The molecule has 0 aliphatic rings. The van der Waals surface area contributed by atoms with Crippen LogP contribution in [-0.4, -0.2) is 14.4 Å². The van der Waals surface area contributed by atoms with Gasteiger partial charge in [0, 0.05) is 11.5 Å². The van der Waals surface area contributed by atoms with Gasteiger partial charge in [-0.15, -0.1) is 0 Å². The van der Waals surface area contributed by atoms with Gasteiger partial charge in [0.1, 0.15) is 0 Å². The highest BCUT2D eigenvalue weighted by Crippen LogP contribution is 2.39. The maximum atomic E-state index is 6.68. The Morgan fingerprint density at radius 3 is 2.12 bits per heavy atom. The van der Waals surface area contributed by atoms with Gasteiger partial charge in [-0.25, -0.2) is 0 Å². The van der Waals surface area contributed by atoms with E-state index in [1.807, 2.05) is 36.4 Å². The summed E-state index contributed by atoms with van der Waals surface area (Å²) in [5.74, 6) is 7.15. The fraction of sp³-hybridized carbons (Fsp3) is 0.545. The second-order valence-electron chi connectivity index (χ2n) is 8.44. The molecule has 24 heavy (non-hydrogen) atoms. The van der Waals surface area contributed by atoms with Gasteiger partial charge in [0.15, 0.2) is 8.32 Å². The Hall–Kier alpha value is -1.30. The lowest BCUT2D eigenvalue weighted by Gasteiger charge is -2.41. The predicted molar refractivity (Wildman–Crippen MR) is 109 cm³/mol. The van der Waals surface area contributed by atoms with E-state index in [0.717, 1.165) is 5.56 Å². The summed E-state index contributed by atoms with van der Waals surface area (Å²) in [4.78, 5) is 0. The van der Waals surface area contributed by atoms with Crippen molar-refractivity contribution >= 4 is 8.32 Å². The maximum absolute atomic E-state index is 6.68. The van der Waals surface area contributed by atoms with E-state index in [-0.39, 0.29) is 11.1 Å². The first-order chi connectivity index (χ1) is 11.0. The van der Waals surface area contributed by atoms with Crippen molar-refractivity contribution < 1.29 is 4.43 Å². The van der Waals surface area contributed by atoms with Gasteiger partial charge in [-0.2, -0.15) is 0 Å². The van der Waals surface area contributed by atoms with Crippen molar-refractivity contribution in [1.82, 2.24) is 0 Å². The lowest BCUT2D eigenvalue weighted by molar-refractivity contribution is 0.101. The standard InChI is InChI=1S/C22H34OSi/c1-18(2)21(23-24(7,8)22(4,5)6)19(3)14-12-13-17-20-15-10-9-11-16-20/h9-12,14-16,18-19,21H,1-8H3/b14-12-/t19-,21+/m0/s1. The summed E-state index contributed by atoms with van der Waals surface area (Å²) in [5, 5.41) is 0.233. The quantitative estimate of drug-likeness (QED) is 0.452. The van der Waals surface area contributed by atoms with Crippen LogP contribution in [0.15, 0.2) is 42.5 Å². The minimum absolute atomic E-state index is 0.233. The van der Waals surface area contributed by atoms with Gasteiger partial charge in [0.2, 0.25) is 0 Å². The Balaban J connectivity index is 2.79. The lowest BCUT2D eigenvalue weighted by Crippen LogP contribution is -2.46. The minimum Gasteiger partial charge on any atom is -0.413 e. The van der Waals surface area contributed by atoms with Gasteiger partial charge in [-0.3, -0.25) is 0 Å². The van der Waals surface area contributed by atoms with Gasteiger partial charge >= 0.3 is 0 Å². The van der Waals surface area contributed by atoms with E-state index in [0.29, 0.717) is 11.8 Å². The summed E-state index contributed by atoms with van der Waals surface area (Å²) in [5.41, 5.74) is 1.05. The van der Waals surface area contributed by atoms with Crippen molar-refractivity contribution in [2.45, 2.75) is 65.8 Å². The second kappa shape index (κ2) is 8.69. The molecule has 1 aromatic carbocycles. The summed E-state index contributed by atoms with van der Waals surface area (Å²) < 4.78 is 6.68. The van der Waals surface area contributed by atoms with E-state index in [9.17, 15) is 0 Å². The smallest absolute Gasteiger partial charge is 0.192 e. The van der Waals surface area contributed by atoms with E-state index >= 15 is 0 Å². The van der Waals surface area contributed by atoms with Gasteiger partial charge in [-0.1, -0.05) is 77.7 Å². The lowest BCUT2D eigenvalue weighted by atomic mass is 9.94. The number of rotatable bonds is 5. The first-order valence-corrected chi connectivity index (χ1v) is 11.9. The molecule has 2 atom stereocenters. The van der Waals surface area contributed by atoms with E-state index in [1.54, 1.807) is 0 Å². The van der Waals surface area contributed by atoms with E-state index < -0.39 is 8.32 Å². The zero-order valence-electron chi connectivity index (χ0n) is 16.7. The second-order valence-corrected chi connectivity index (χ2v) is 13.2. The molecule has 1 aromatic rings. The summed E-state index contributed by atoms with van der Waals surface area (Å²) in [7, 11) is -1.76. The fourth-order valence-corrected chi connectivity index (χ4v) is 3.84. The van der Waals surface area contributed by atoms with Crippen LogP contribution in [0.25, 0.3) is 0 Å². The van der Waals surface area contributed by atoms with Crippen molar-refractivity contribution in [3.05, 3.63) is 48.0 Å². The molecule has 1 rings (SSSR count). The monoisotopic (exact) mass is 342 g/mol. The van der Waals surface area contributed by atoms with Crippen molar-refractivity contribution in [2.24, 2.45) is 11.8 Å². The van der Waals surface area contributed by atoms with Crippen LogP contribution in [0.2, 0.25) is 18.1 Å². The van der Waals surface area contributed by atoms with Crippen LogP contribution in [-0.2, 0) is 4.43 Å². The largest absolute Gasteiger partial charge is 0.413 e. The molecule has 0 heterocycles. The summed E-state index contributed by atoms with van der Waals surface area (Å²) in [6, 6.07) is 10.1. The maximum Gasteiger partial charge on any atom is 0.192 e. The third-order valence-corrected chi connectivity index (χ3v) is 9.36. The average Bonchev–Trinajstić information content (AvgIpc) is 2.48. The van der Waals surface area contributed by atoms with Crippen molar-refractivity contribution in [2.75, 3.05) is 0 Å². The van der Waals surface area contributed by atoms with Crippen LogP contribution in [0.4, 0.5) is 0 Å². The Morgan fingerprint density at radius 2 is 1.62 bits per heavy atom. The van der Waals surface area contributed by atoms with Crippen LogP contribution in [0, 0.1) is 23.7 Å². The molecule has 0 bridgehead atoms. The third-order valence-electron chi connectivity index (χ3n) is 4.89. The fourth-order valence-electron chi connectivity index (χ4n) is 2.32. The van der Waals surface area contributed by atoms with Gasteiger partial charge in [0.05, 0.1) is 6.10 Å². The Kier molecular flexibility index (Phi) is 7.51. The number of hydrogen-bond donors (Lipinski definition) is 0. The zero-order chi connectivity index (χ0) is 18.4. The first-order valence-electron chi connectivity index (χ1n) is 8.95. The molecular formula is C22H34OSi. The van der Waals surface area contributed by atoms with Crippen LogP contribution in [0.5, 0.6) is 0 Å². The summed E-state index contributed by atoms with van der Waals surface area (Å²) in [6.07, 6.45) is 4.40. The molecule has 0 radical (unpaired) electrons. The third kappa shape index (κ3) is 6.30. The molecule has 0 spiro atoms. The minimum atomic E-state index is -1.76. The van der Waals surface area contributed by atoms with E-state index in [1.165, 1.54) is 0 Å². The molecule has 0 aliphatic carbocycles. The Morgan fingerprint density at radius 1 is 1.04 bits per heavy atom. The van der Waals surface area contributed by atoms with Gasteiger partial charge in [0.25, 0.3) is 0 Å². The molecule has 0 fully saturated rings. The number of allylic oxidation sites excluding steroid dienone is 1. The zero-order valence-corrected chi connectivity index (χ0v) is 17.7. The normalized spacial score (nSPS) is 15.2. The van der Waals surface area contributed by atoms with Crippen LogP contribution < -0.4 is 0 Å². The molecule has 0 N–H and O–H groups in total. The van der Waals surface area contributed by atoms with Crippen molar-refractivity contribution in [1.29, 1.82) is 0 Å². The molecule has 0 saturated carbocycles. The first kappa shape index (κ1) is 20.7. The molecule has 0 aromatic heterocycles. The van der Waals surface area contributed by atoms with Crippen LogP contribution >= 0.6 is 0 Å². The number of hydrogen-bond acceptors (Lipinski definition) is 1. The van der Waals surface area contributed by atoms with Crippen molar-refractivity contribution in [3.8, 4) is 11.8 Å². The predicted octanol–water partition coefficient (Wildman–Crippen LogP) is 6.28. The molecule has 132 valence electrons. The van der Waals surface area contributed by atoms with E-state index in [2.05, 4.69) is 72.6 Å². The van der Waals surface area contributed by atoms with E-state index in [4.69, 9.17) is 4.43 Å². The van der Waals surface area contributed by atoms with Crippen LogP contribution in [0.1, 0.15) is 47.1 Å². The molecular weight excluding hydrogens is 308 g/mol. The van der Waals surface area contributed by atoms with Crippen LogP contribution in [0.3, 0.4) is 0 Å². The average molecular weight is 343 g/mol. The molecule has 0 aliphatic heterocycles. The molecule has 0 amide bonds. The SMILES string of the molecule is CC(C)[C@@H](O[Si](C)(C)C(C)(C)C)[C@@H](C)/C=C\C#Cc1ccccc1. The molecule has 2 heteroatoms. The highest BCUT2D eigenvalue weighted by Gasteiger charge is 2.40. The highest BCUT2D eigenvalue weighted by molar-refractivity contribution is 6.74. The number of benzene rings is 1. The van der Waals surface area contributed by atoms with Gasteiger partial charge in [-0.05, 0) is 42.3 Å². The molecule has 0 saturated heterocycles. The van der Waals surface area contributed by atoms with Crippen molar-refractivity contribution in [3.63, 3.8) is 0 Å². The van der Waals surface area contributed by atoms with Gasteiger partial charge < -0.3 is 4.43 Å². The summed E-state index contributed by atoms with van der Waals surface area (Å²) >= 11 is 0. The highest BCUT2D eigenvalue weighted by atomic mass is 28.4. The Bertz CT molecular complexity index is 582. The molecule has 1 nitrogen and oxygen atoms in total.